The van der Waals surface area contributed by atoms with E-state index in [4.69, 9.17) is 0 Å². The van der Waals surface area contributed by atoms with Crippen molar-refractivity contribution in [2.45, 2.75) is 17.6 Å². The molecule has 1 atom stereocenters. The van der Waals surface area contributed by atoms with Crippen molar-refractivity contribution < 1.29 is 4.79 Å². The SMILES string of the molecule is CN(C)CCNC(=O)CC1CSc2nc3c(cnn3-c3ccccc3)c(=O)n21. The van der Waals surface area contributed by atoms with Gasteiger partial charge in [0.1, 0.15) is 5.39 Å². The Morgan fingerprint density at radius 3 is 2.86 bits per heavy atom. The van der Waals surface area contributed by atoms with Crippen LogP contribution in [-0.4, -0.2) is 63.1 Å². The molecule has 0 spiro atoms. The number of carbonyl (C=O) groups is 1. The van der Waals surface area contributed by atoms with Gasteiger partial charge in [0, 0.05) is 25.3 Å². The van der Waals surface area contributed by atoms with Crippen LogP contribution in [0.5, 0.6) is 0 Å². The van der Waals surface area contributed by atoms with E-state index in [0.29, 0.717) is 28.5 Å². The van der Waals surface area contributed by atoms with Gasteiger partial charge >= 0.3 is 0 Å². The topological polar surface area (TPSA) is 85.1 Å². The normalized spacial score (nSPS) is 15.9. The number of benzene rings is 1. The minimum atomic E-state index is -0.191. The van der Waals surface area contributed by atoms with E-state index in [1.165, 1.54) is 11.8 Å². The molecule has 0 saturated heterocycles. The number of hydrogen-bond donors (Lipinski definition) is 1. The number of hydrogen-bond acceptors (Lipinski definition) is 6. The van der Waals surface area contributed by atoms with Crippen LogP contribution in [0.25, 0.3) is 16.7 Å². The molecule has 1 aromatic carbocycles. The van der Waals surface area contributed by atoms with E-state index in [2.05, 4.69) is 15.4 Å². The third-order valence-corrected chi connectivity index (χ3v) is 5.77. The molecule has 1 aliphatic heterocycles. The molecule has 0 bridgehead atoms. The summed E-state index contributed by atoms with van der Waals surface area (Å²) in [4.78, 5) is 32.0. The van der Waals surface area contributed by atoms with E-state index in [9.17, 15) is 9.59 Å². The Balaban J connectivity index is 1.61. The largest absolute Gasteiger partial charge is 0.355 e. The molecule has 146 valence electrons. The van der Waals surface area contributed by atoms with Crippen LogP contribution in [0.4, 0.5) is 0 Å². The van der Waals surface area contributed by atoms with E-state index in [1.807, 2.05) is 49.3 Å². The number of nitrogens with one attached hydrogen (secondary N) is 1. The maximum Gasteiger partial charge on any atom is 0.265 e. The molecule has 4 rings (SSSR count). The number of rotatable bonds is 6. The van der Waals surface area contributed by atoms with Crippen LogP contribution in [0.3, 0.4) is 0 Å². The molecular weight excluding hydrogens is 376 g/mol. The number of aromatic nitrogens is 4. The molecule has 3 aromatic rings. The summed E-state index contributed by atoms with van der Waals surface area (Å²) in [6, 6.07) is 9.42. The van der Waals surface area contributed by atoms with Crippen LogP contribution >= 0.6 is 11.8 Å². The molecule has 0 radical (unpaired) electrons. The summed E-state index contributed by atoms with van der Waals surface area (Å²) in [6.45, 7) is 1.37. The van der Waals surface area contributed by atoms with Crippen molar-refractivity contribution in [3.05, 3.63) is 46.9 Å². The molecule has 1 amide bonds. The van der Waals surface area contributed by atoms with Crippen molar-refractivity contribution in [3.8, 4) is 5.69 Å². The lowest BCUT2D eigenvalue weighted by atomic mass is 10.2. The van der Waals surface area contributed by atoms with Gasteiger partial charge in [-0.3, -0.25) is 14.2 Å². The molecule has 1 N–H and O–H groups in total. The zero-order valence-corrected chi connectivity index (χ0v) is 16.6. The van der Waals surface area contributed by atoms with Crippen LogP contribution in [-0.2, 0) is 4.79 Å². The lowest BCUT2D eigenvalue weighted by Crippen LogP contribution is -2.34. The Morgan fingerprint density at radius 2 is 2.11 bits per heavy atom. The van der Waals surface area contributed by atoms with E-state index < -0.39 is 0 Å². The van der Waals surface area contributed by atoms with E-state index in [1.54, 1.807) is 15.4 Å². The van der Waals surface area contributed by atoms with Gasteiger partial charge in [0.15, 0.2) is 10.8 Å². The smallest absolute Gasteiger partial charge is 0.265 e. The maximum atomic E-state index is 13.1. The van der Waals surface area contributed by atoms with Gasteiger partial charge in [-0.2, -0.15) is 5.10 Å². The zero-order valence-electron chi connectivity index (χ0n) is 15.8. The van der Waals surface area contributed by atoms with E-state index >= 15 is 0 Å². The molecule has 2 aromatic heterocycles. The van der Waals surface area contributed by atoms with Gasteiger partial charge in [-0.25, -0.2) is 9.67 Å². The molecule has 9 heteroatoms. The van der Waals surface area contributed by atoms with Gasteiger partial charge in [0.05, 0.1) is 17.9 Å². The summed E-state index contributed by atoms with van der Waals surface area (Å²) in [7, 11) is 3.92. The average molecular weight is 398 g/mol. The number of fused-ring (bicyclic) bond motifs is 2. The Hall–Kier alpha value is -2.65. The number of para-hydroxylation sites is 1. The number of thioether (sulfide) groups is 1. The fraction of sp³-hybridized carbons (Fsp3) is 0.368. The molecule has 0 fully saturated rings. The second kappa shape index (κ2) is 7.76. The highest BCUT2D eigenvalue weighted by atomic mass is 32.2. The summed E-state index contributed by atoms with van der Waals surface area (Å²) < 4.78 is 3.33. The standard InChI is InChI=1S/C19H22N6O2S/c1-23(2)9-8-20-16(26)10-14-12-28-19-22-17-15(18(27)24(14)19)11-21-25(17)13-6-4-3-5-7-13/h3-7,11,14H,8-10,12H2,1-2H3,(H,20,26). The minimum Gasteiger partial charge on any atom is -0.355 e. The van der Waals surface area contributed by atoms with Gasteiger partial charge in [-0.15, -0.1) is 0 Å². The molecular formula is C19H22N6O2S. The van der Waals surface area contributed by atoms with Gasteiger partial charge in [-0.1, -0.05) is 30.0 Å². The fourth-order valence-corrected chi connectivity index (χ4v) is 4.37. The monoisotopic (exact) mass is 398 g/mol. The van der Waals surface area contributed by atoms with E-state index in [0.717, 1.165) is 12.2 Å². The lowest BCUT2D eigenvalue weighted by molar-refractivity contribution is -0.121. The first kappa shape index (κ1) is 18.7. The van der Waals surface area contributed by atoms with Crippen LogP contribution in [0.1, 0.15) is 12.5 Å². The number of carbonyl (C=O) groups excluding carboxylic acids is 1. The summed E-state index contributed by atoms with van der Waals surface area (Å²) in [5, 5.41) is 8.38. The molecule has 0 aliphatic carbocycles. The zero-order chi connectivity index (χ0) is 19.7. The Kier molecular flexibility index (Phi) is 5.19. The average Bonchev–Trinajstić information content (AvgIpc) is 3.27. The Morgan fingerprint density at radius 1 is 1.32 bits per heavy atom. The Labute approximate surface area is 166 Å². The molecule has 1 aliphatic rings. The third-order valence-electron chi connectivity index (χ3n) is 4.67. The molecule has 8 nitrogen and oxygen atoms in total. The first-order valence-electron chi connectivity index (χ1n) is 9.14. The summed E-state index contributed by atoms with van der Waals surface area (Å²) in [5.74, 6) is 0.613. The van der Waals surface area contributed by atoms with Crippen LogP contribution < -0.4 is 10.9 Å². The second-order valence-corrected chi connectivity index (χ2v) is 8.01. The minimum absolute atomic E-state index is 0.0488. The molecule has 1 unspecified atom stereocenters. The van der Waals surface area contributed by atoms with Crippen molar-refractivity contribution in [1.29, 1.82) is 0 Å². The van der Waals surface area contributed by atoms with Crippen LogP contribution in [0.15, 0.2) is 46.5 Å². The highest BCUT2D eigenvalue weighted by Crippen LogP contribution is 2.33. The van der Waals surface area contributed by atoms with Gasteiger partial charge in [0.2, 0.25) is 5.91 Å². The third kappa shape index (κ3) is 3.55. The second-order valence-electron chi connectivity index (χ2n) is 7.02. The highest BCUT2D eigenvalue weighted by Gasteiger charge is 2.29. The molecule has 28 heavy (non-hydrogen) atoms. The van der Waals surface area contributed by atoms with Gasteiger partial charge in [-0.05, 0) is 26.2 Å². The summed E-state index contributed by atoms with van der Waals surface area (Å²) in [5.41, 5.74) is 1.26. The van der Waals surface area contributed by atoms with Crippen molar-refractivity contribution in [1.82, 2.24) is 29.5 Å². The summed E-state index contributed by atoms with van der Waals surface area (Å²) in [6.07, 6.45) is 1.83. The van der Waals surface area contributed by atoms with Crippen molar-refractivity contribution >= 4 is 28.7 Å². The van der Waals surface area contributed by atoms with Gasteiger partial charge < -0.3 is 10.2 Å². The predicted octanol–water partition coefficient (Wildman–Crippen LogP) is 1.30. The predicted molar refractivity (Wildman–Crippen MR) is 109 cm³/mol. The van der Waals surface area contributed by atoms with Crippen molar-refractivity contribution in [2.75, 3.05) is 32.9 Å². The first-order chi connectivity index (χ1) is 13.5. The number of nitrogens with zero attached hydrogens (tertiary/aromatic N) is 5. The van der Waals surface area contributed by atoms with Gasteiger partial charge in [0.25, 0.3) is 5.56 Å². The van der Waals surface area contributed by atoms with Crippen LogP contribution in [0, 0.1) is 0 Å². The highest BCUT2D eigenvalue weighted by molar-refractivity contribution is 7.99. The van der Waals surface area contributed by atoms with Crippen molar-refractivity contribution in [2.24, 2.45) is 0 Å². The number of likely N-dealkylation sites (N-methyl/N-ethyl adjacent to an activating group) is 1. The maximum absolute atomic E-state index is 13.1. The molecule has 3 heterocycles. The van der Waals surface area contributed by atoms with Crippen molar-refractivity contribution in [3.63, 3.8) is 0 Å². The number of amides is 1. The lowest BCUT2D eigenvalue weighted by Gasteiger charge is -2.14. The molecule has 0 saturated carbocycles. The van der Waals surface area contributed by atoms with Crippen LogP contribution in [0.2, 0.25) is 0 Å². The van der Waals surface area contributed by atoms with E-state index in [-0.39, 0.29) is 23.9 Å². The summed E-state index contributed by atoms with van der Waals surface area (Å²) >= 11 is 1.51. The fourth-order valence-electron chi connectivity index (χ4n) is 3.24. The first-order valence-corrected chi connectivity index (χ1v) is 10.1. The Bertz CT molecular complexity index is 1060. The quantitative estimate of drug-likeness (QED) is 0.630.